The highest BCUT2D eigenvalue weighted by Crippen LogP contribution is 2.39. The Morgan fingerprint density at radius 2 is 2.10 bits per heavy atom. The van der Waals surface area contributed by atoms with E-state index in [4.69, 9.17) is 4.84 Å². The topological polar surface area (TPSA) is 44.7 Å². The fourth-order valence-electron chi connectivity index (χ4n) is 2.17. The van der Waals surface area contributed by atoms with E-state index >= 15 is 0 Å². The number of rotatable bonds is 4. The molecule has 0 bridgehead atoms. The smallest absolute Gasteiger partial charge is 0.100 e. The second-order valence-corrected chi connectivity index (χ2v) is 5.46. The molecule has 0 spiro atoms. The Hall–Kier alpha value is -1.69. The summed E-state index contributed by atoms with van der Waals surface area (Å²) >= 11 is 1.50. The lowest BCUT2D eigenvalue weighted by Crippen LogP contribution is -2.24. The zero-order valence-electron chi connectivity index (χ0n) is 11.2. The van der Waals surface area contributed by atoms with Crippen LogP contribution in [0.3, 0.4) is 0 Å². The molecule has 20 heavy (non-hydrogen) atoms. The molecule has 0 saturated heterocycles. The van der Waals surface area contributed by atoms with Crippen molar-refractivity contribution in [3.63, 3.8) is 0 Å². The Labute approximate surface area is 122 Å². The van der Waals surface area contributed by atoms with Crippen molar-refractivity contribution in [3.05, 3.63) is 70.0 Å². The monoisotopic (exact) mass is 288 g/mol. The molecule has 2 aliphatic rings. The highest BCUT2D eigenvalue weighted by molar-refractivity contribution is 8.01. The number of aliphatic hydroxyl groups is 1. The van der Waals surface area contributed by atoms with Gasteiger partial charge in [-0.2, -0.15) is 0 Å². The average molecular weight is 288 g/mol. The van der Waals surface area contributed by atoms with E-state index in [1.807, 2.05) is 49.7 Å². The molecule has 4 nitrogen and oxygen atoms in total. The maximum absolute atomic E-state index is 9.61. The molecule has 1 aromatic rings. The van der Waals surface area contributed by atoms with Crippen molar-refractivity contribution in [2.24, 2.45) is 0 Å². The Morgan fingerprint density at radius 1 is 1.30 bits per heavy atom. The van der Waals surface area contributed by atoms with Crippen LogP contribution in [0.25, 0.3) is 0 Å². The molecule has 0 saturated carbocycles. The van der Waals surface area contributed by atoms with Crippen LogP contribution in [-0.2, 0) is 11.4 Å². The minimum atomic E-state index is -0.0556. The summed E-state index contributed by atoms with van der Waals surface area (Å²) in [4.78, 5) is 6.85. The zero-order chi connectivity index (χ0) is 13.9. The van der Waals surface area contributed by atoms with Crippen molar-refractivity contribution in [2.75, 3.05) is 6.61 Å². The third kappa shape index (κ3) is 2.47. The first-order chi connectivity index (χ1) is 9.79. The van der Waals surface area contributed by atoms with E-state index in [9.17, 15) is 5.11 Å². The normalized spacial score (nSPS) is 17.6. The van der Waals surface area contributed by atoms with Crippen LogP contribution < -0.4 is 4.72 Å². The van der Waals surface area contributed by atoms with Gasteiger partial charge in [0.05, 0.1) is 17.2 Å². The number of hydrogen-bond acceptors (Lipinski definition) is 5. The van der Waals surface area contributed by atoms with Crippen LogP contribution in [0.15, 0.2) is 64.5 Å². The third-order valence-electron chi connectivity index (χ3n) is 3.24. The molecule has 0 atom stereocenters. The van der Waals surface area contributed by atoms with Gasteiger partial charge in [-0.05, 0) is 30.0 Å². The minimum absolute atomic E-state index is 0.0556. The predicted octanol–water partition coefficient (Wildman–Crippen LogP) is 2.68. The van der Waals surface area contributed by atoms with Crippen LogP contribution >= 0.6 is 11.9 Å². The summed E-state index contributed by atoms with van der Waals surface area (Å²) in [5, 5.41) is 11.3. The summed E-state index contributed by atoms with van der Waals surface area (Å²) in [7, 11) is 0. The first kappa shape index (κ1) is 13.3. The number of fused-ring (bicyclic) bond motifs is 1. The maximum atomic E-state index is 9.61. The predicted molar refractivity (Wildman–Crippen MR) is 79.7 cm³/mol. The van der Waals surface area contributed by atoms with E-state index in [0.717, 1.165) is 27.3 Å². The highest BCUT2D eigenvalue weighted by atomic mass is 32.2. The lowest BCUT2D eigenvalue weighted by molar-refractivity contribution is -0.111. The van der Waals surface area contributed by atoms with Gasteiger partial charge >= 0.3 is 0 Å². The second kappa shape index (κ2) is 5.75. The molecule has 5 heteroatoms. The number of nitrogens with zero attached hydrogens (tertiary/aromatic N) is 1. The molecular formula is C15H16N2O2S. The van der Waals surface area contributed by atoms with Gasteiger partial charge in [-0.15, -0.1) is 0 Å². The van der Waals surface area contributed by atoms with Crippen molar-refractivity contribution in [2.45, 2.75) is 13.5 Å². The van der Waals surface area contributed by atoms with Crippen molar-refractivity contribution in [1.82, 2.24) is 9.79 Å². The van der Waals surface area contributed by atoms with Crippen LogP contribution in [0, 0.1) is 0 Å². The number of allylic oxidation sites excluding steroid dienone is 2. The SMILES string of the molecule is CC1=CN(OCc2ccccc2)C(CO)=C2SNC=C12. The van der Waals surface area contributed by atoms with Gasteiger partial charge in [-0.3, -0.25) is 4.84 Å². The van der Waals surface area contributed by atoms with Crippen LogP contribution in [-0.4, -0.2) is 16.8 Å². The fraction of sp³-hybridized carbons (Fsp3) is 0.200. The summed E-state index contributed by atoms with van der Waals surface area (Å²) in [6.07, 6.45) is 3.87. The van der Waals surface area contributed by atoms with Gasteiger partial charge < -0.3 is 9.83 Å². The summed E-state index contributed by atoms with van der Waals surface area (Å²) in [6.45, 7) is 2.45. The summed E-state index contributed by atoms with van der Waals surface area (Å²) < 4.78 is 3.12. The first-order valence-corrected chi connectivity index (χ1v) is 7.23. The Kier molecular flexibility index (Phi) is 3.82. The van der Waals surface area contributed by atoms with Crippen LogP contribution in [0.1, 0.15) is 12.5 Å². The van der Waals surface area contributed by atoms with Gasteiger partial charge in [0.15, 0.2) is 0 Å². The zero-order valence-corrected chi connectivity index (χ0v) is 12.0. The lowest BCUT2D eigenvalue weighted by atomic mass is 10.1. The summed E-state index contributed by atoms with van der Waals surface area (Å²) in [6, 6.07) is 9.98. The third-order valence-corrected chi connectivity index (χ3v) is 4.13. The molecule has 1 aromatic carbocycles. The van der Waals surface area contributed by atoms with Crippen LogP contribution in [0.5, 0.6) is 0 Å². The van der Waals surface area contributed by atoms with E-state index in [2.05, 4.69) is 4.72 Å². The quantitative estimate of drug-likeness (QED) is 0.834. The number of hydrogen-bond donors (Lipinski definition) is 2. The van der Waals surface area contributed by atoms with E-state index in [1.54, 1.807) is 5.06 Å². The van der Waals surface area contributed by atoms with Crippen molar-refractivity contribution in [1.29, 1.82) is 0 Å². The molecule has 2 aliphatic heterocycles. The second-order valence-electron chi connectivity index (χ2n) is 4.61. The Bertz CT molecular complexity index is 593. The van der Waals surface area contributed by atoms with Crippen LogP contribution in [0.4, 0.5) is 0 Å². The minimum Gasteiger partial charge on any atom is -0.390 e. The molecule has 2 N–H and O–H groups in total. The van der Waals surface area contributed by atoms with Crippen molar-refractivity contribution >= 4 is 11.9 Å². The largest absolute Gasteiger partial charge is 0.390 e. The van der Waals surface area contributed by atoms with Crippen molar-refractivity contribution in [3.8, 4) is 0 Å². The van der Waals surface area contributed by atoms with Crippen LogP contribution in [0.2, 0.25) is 0 Å². The maximum Gasteiger partial charge on any atom is 0.100 e. The summed E-state index contributed by atoms with van der Waals surface area (Å²) in [5.41, 5.74) is 4.11. The van der Waals surface area contributed by atoms with Gasteiger partial charge in [-0.1, -0.05) is 30.3 Å². The molecule has 0 aliphatic carbocycles. The van der Waals surface area contributed by atoms with Gasteiger partial charge in [0, 0.05) is 18.0 Å². The fourth-order valence-corrected chi connectivity index (χ4v) is 3.07. The molecular weight excluding hydrogens is 272 g/mol. The number of nitrogens with one attached hydrogen (secondary N) is 1. The van der Waals surface area contributed by atoms with E-state index in [-0.39, 0.29) is 6.61 Å². The van der Waals surface area contributed by atoms with Gasteiger partial charge in [0.2, 0.25) is 0 Å². The molecule has 0 unspecified atom stereocenters. The Morgan fingerprint density at radius 3 is 2.85 bits per heavy atom. The molecule has 3 rings (SSSR count). The highest BCUT2D eigenvalue weighted by Gasteiger charge is 2.27. The lowest BCUT2D eigenvalue weighted by Gasteiger charge is -2.28. The molecule has 2 heterocycles. The average Bonchev–Trinajstić information content (AvgIpc) is 2.96. The van der Waals surface area contributed by atoms with Gasteiger partial charge in [0.1, 0.15) is 6.61 Å². The van der Waals surface area contributed by atoms with Crippen molar-refractivity contribution < 1.29 is 9.94 Å². The Balaban J connectivity index is 1.79. The number of benzene rings is 1. The molecule has 0 aromatic heterocycles. The molecule has 0 fully saturated rings. The molecule has 0 amide bonds. The van der Waals surface area contributed by atoms with Gasteiger partial charge in [0.25, 0.3) is 0 Å². The van der Waals surface area contributed by atoms with E-state index in [0.29, 0.717) is 6.61 Å². The van der Waals surface area contributed by atoms with E-state index in [1.165, 1.54) is 11.9 Å². The molecule has 104 valence electrons. The first-order valence-electron chi connectivity index (χ1n) is 6.41. The summed E-state index contributed by atoms with van der Waals surface area (Å²) in [5.74, 6) is 0. The van der Waals surface area contributed by atoms with Gasteiger partial charge in [-0.25, -0.2) is 5.06 Å². The number of aliphatic hydroxyl groups excluding tert-OH is 1. The standard InChI is InChI=1S/C15H16N2O2S/c1-11-8-17(19-10-12-5-3-2-4-6-12)14(9-18)15-13(11)7-16-20-15/h2-8,16,18H,9-10H2,1H3. The molecule has 0 radical (unpaired) electrons. The number of hydroxylamine groups is 2. The van der Waals surface area contributed by atoms with E-state index < -0.39 is 0 Å².